The van der Waals surface area contributed by atoms with Crippen molar-refractivity contribution < 1.29 is 9.53 Å². The number of pyridine rings is 1. The maximum absolute atomic E-state index is 13.3. The van der Waals surface area contributed by atoms with E-state index >= 15 is 0 Å². The molecule has 0 unspecified atom stereocenters. The molecule has 4 heterocycles. The van der Waals surface area contributed by atoms with Crippen LogP contribution in [0.15, 0.2) is 24.5 Å². The minimum absolute atomic E-state index is 0.223. The van der Waals surface area contributed by atoms with Crippen molar-refractivity contribution in [3.63, 3.8) is 0 Å². The van der Waals surface area contributed by atoms with Crippen LogP contribution >= 0.6 is 0 Å². The molecule has 0 aromatic carbocycles. The molecule has 3 aliphatic heterocycles. The molecule has 0 aliphatic carbocycles. The first-order chi connectivity index (χ1) is 11.3. The molecule has 6 nitrogen and oxygen atoms in total. The zero-order chi connectivity index (χ0) is 15.6. The maximum atomic E-state index is 13.3. The first kappa shape index (κ1) is 15.1. The van der Waals surface area contributed by atoms with Crippen molar-refractivity contribution in [3.05, 3.63) is 30.1 Å². The number of hydrogen-bond donors (Lipinski definition) is 1. The van der Waals surface area contributed by atoms with Gasteiger partial charge in [-0.25, -0.2) is 0 Å². The Morgan fingerprint density at radius 2 is 2.00 bits per heavy atom. The van der Waals surface area contributed by atoms with Crippen LogP contribution < -0.4 is 5.32 Å². The van der Waals surface area contributed by atoms with Crippen LogP contribution in [0.5, 0.6) is 0 Å². The van der Waals surface area contributed by atoms with Crippen LogP contribution in [0, 0.1) is 11.8 Å². The summed E-state index contributed by atoms with van der Waals surface area (Å²) in [7, 11) is 0. The van der Waals surface area contributed by atoms with Gasteiger partial charge in [0.25, 0.3) is 0 Å². The van der Waals surface area contributed by atoms with Gasteiger partial charge in [-0.3, -0.25) is 14.7 Å². The van der Waals surface area contributed by atoms with Crippen LogP contribution in [-0.4, -0.2) is 73.2 Å². The molecule has 0 bridgehead atoms. The Labute approximate surface area is 136 Å². The molecule has 1 amide bonds. The third kappa shape index (κ3) is 2.98. The van der Waals surface area contributed by atoms with E-state index in [4.69, 9.17) is 4.74 Å². The van der Waals surface area contributed by atoms with Crippen LogP contribution in [0.4, 0.5) is 0 Å². The van der Waals surface area contributed by atoms with Crippen molar-refractivity contribution in [2.45, 2.75) is 6.04 Å². The van der Waals surface area contributed by atoms with E-state index in [-0.39, 0.29) is 11.9 Å². The fourth-order valence-corrected chi connectivity index (χ4v) is 4.09. The highest BCUT2D eigenvalue weighted by molar-refractivity contribution is 5.83. The summed E-state index contributed by atoms with van der Waals surface area (Å²) in [6.07, 6.45) is 3.59. The van der Waals surface area contributed by atoms with Gasteiger partial charge in [0.1, 0.15) is 6.04 Å². The highest BCUT2D eigenvalue weighted by atomic mass is 16.5. The molecule has 0 radical (unpaired) electrons. The van der Waals surface area contributed by atoms with E-state index in [2.05, 4.69) is 20.1 Å². The average Bonchev–Trinajstić information content (AvgIpc) is 3.19. The van der Waals surface area contributed by atoms with Gasteiger partial charge in [0.2, 0.25) is 5.91 Å². The largest absolute Gasteiger partial charge is 0.379 e. The first-order valence-electron chi connectivity index (χ1n) is 8.54. The molecular weight excluding hydrogens is 292 g/mol. The SMILES string of the molecule is O=C([C@H](c1cccnc1)N1CCOCC1)N1C[C@H]2CNC[C@H]2C1. The lowest BCUT2D eigenvalue weighted by atomic mass is 10.0. The van der Waals surface area contributed by atoms with Gasteiger partial charge in [0.05, 0.1) is 13.2 Å². The molecule has 3 saturated heterocycles. The Kier molecular flexibility index (Phi) is 4.29. The predicted octanol–water partition coefficient (Wildman–Crippen LogP) is 0.133. The van der Waals surface area contributed by atoms with Gasteiger partial charge in [-0.2, -0.15) is 0 Å². The highest BCUT2D eigenvalue weighted by Gasteiger charge is 2.41. The standard InChI is InChI=1S/C17H24N4O2/c22-17(21-11-14-9-19-10-15(14)12-21)16(13-2-1-3-18-8-13)20-4-6-23-7-5-20/h1-3,8,14-16,19H,4-7,9-12H2/t14-,15+,16-/m0/s1. The number of hydrogen-bond acceptors (Lipinski definition) is 5. The van der Waals surface area contributed by atoms with Gasteiger partial charge in [-0.15, -0.1) is 0 Å². The summed E-state index contributed by atoms with van der Waals surface area (Å²) in [6.45, 7) is 6.85. The summed E-state index contributed by atoms with van der Waals surface area (Å²) in [5.41, 5.74) is 0.995. The Morgan fingerprint density at radius 1 is 1.26 bits per heavy atom. The van der Waals surface area contributed by atoms with Gasteiger partial charge >= 0.3 is 0 Å². The van der Waals surface area contributed by atoms with Crippen molar-refractivity contribution in [1.29, 1.82) is 0 Å². The number of carbonyl (C=O) groups excluding carboxylic acids is 1. The minimum atomic E-state index is -0.223. The monoisotopic (exact) mass is 316 g/mol. The van der Waals surface area contributed by atoms with E-state index in [1.54, 1.807) is 6.20 Å². The molecule has 3 fully saturated rings. The van der Waals surface area contributed by atoms with E-state index in [1.807, 2.05) is 18.3 Å². The van der Waals surface area contributed by atoms with Crippen molar-refractivity contribution in [2.24, 2.45) is 11.8 Å². The highest BCUT2D eigenvalue weighted by Crippen LogP contribution is 2.31. The third-order valence-corrected chi connectivity index (χ3v) is 5.35. The van der Waals surface area contributed by atoms with Crippen LogP contribution in [-0.2, 0) is 9.53 Å². The van der Waals surface area contributed by atoms with Gasteiger partial charge in [-0.05, 0) is 23.5 Å². The fraction of sp³-hybridized carbons (Fsp3) is 0.647. The Morgan fingerprint density at radius 3 is 2.65 bits per heavy atom. The van der Waals surface area contributed by atoms with Gasteiger partial charge in [-0.1, -0.05) is 6.07 Å². The van der Waals surface area contributed by atoms with E-state index in [0.29, 0.717) is 25.0 Å². The van der Waals surface area contributed by atoms with E-state index < -0.39 is 0 Å². The number of morpholine rings is 1. The van der Waals surface area contributed by atoms with Crippen LogP contribution in [0.3, 0.4) is 0 Å². The lowest BCUT2D eigenvalue weighted by molar-refractivity contribution is -0.138. The average molecular weight is 316 g/mol. The lowest BCUT2D eigenvalue weighted by Gasteiger charge is -2.35. The molecule has 3 atom stereocenters. The van der Waals surface area contributed by atoms with Crippen LogP contribution in [0.25, 0.3) is 0 Å². The molecule has 1 aromatic heterocycles. The van der Waals surface area contributed by atoms with Crippen molar-refractivity contribution in [2.75, 3.05) is 52.5 Å². The maximum Gasteiger partial charge on any atom is 0.244 e. The topological polar surface area (TPSA) is 57.7 Å². The zero-order valence-electron chi connectivity index (χ0n) is 13.4. The summed E-state index contributed by atoms with van der Waals surface area (Å²) < 4.78 is 5.46. The van der Waals surface area contributed by atoms with Crippen molar-refractivity contribution >= 4 is 5.91 Å². The van der Waals surface area contributed by atoms with Gasteiger partial charge in [0.15, 0.2) is 0 Å². The smallest absolute Gasteiger partial charge is 0.244 e. The van der Waals surface area contributed by atoms with E-state index in [0.717, 1.165) is 44.8 Å². The first-order valence-corrected chi connectivity index (χ1v) is 8.54. The Hall–Kier alpha value is -1.50. The lowest BCUT2D eigenvalue weighted by Crippen LogP contribution is -2.47. The second kappa shape index (κ2) is 6.55. The number of ether oxygens (including phenoxy) is 1. The molecular formula is C17H24N4O2. The number of nitrogens with one attached hydrogen (secondary N) is 1. The third-order valence-electron chi connectivity index (χ3n) is 5.35. The molecule has 23 heavy (non-hydrogen) atoms. The molecule has 1 N–H and O–H groups in total. The second-order valence-corrected chi connectivity index (χ2v) is 6.76. The second-order valence-electron chi connectivity index (χ2n) is 6.76. The molecule has 3 aliphatic rings. The summed E-state index contributed by atoms with van der Waals surface area (Å²) in [5.74, 6) is 1.48. The van der Waals surface area contributed by atoms with E-state index in [9.17, 15) is 4.79 Å². The van der Waals surface area contributed by atoms with Gasteiger partial charge in [0, 0.05) is 51.7 Å². The fourth-order valence-electron chi connectivity index (χ4n) is 4.09. The summed E-state index contributed by atoms with van der Waals surface area (Å²) in [5, 5.41) is 3.43. The Bertz CT molecular complexity index is 535. The molecule has 1 aromatic rings. The molecule has 0 spiro atoms. The molecule has 6 heteroatoms. The van der Waals surface area contributed by atoms with Gasteiger partial charge < -0.3 is 15.0 Å². The summed E-state index contributed by atoms with van der Waals surface area (Å²) in [6, 6.07) is 3.71. The summed E-state index contributed by atoms with van der Waals surface area (Å²) in [4.78, 5) is 21.8. The molecule has 124 valence electrons. The minimum Gasteiger partial charge on any atom is -0.379 e. The number of carbonyl (C=O) groups is 1. The Balaban J connectivity index is 1.56. The van der Waals surface area contributed by atoms with Crippen LogP contribution in [0.1, 0.15) is 11.6 Å². The number of rotatable bonds is 3. The number of amides is 1. The van der Waals surface area contributed by atoms with Crippen LogP contribution in [0.2, 0.25) is 0 Å². The zero-order valence-corrected chi connectivity index (χ0v) is 13.4. The normalized spacial score (nSPS) is 29.5. The summed E-state index contributed by atoms with van der Waals surface area (Å²) >= 11 is 0. The quantitative estimate of drug-likeness (QED) is 0.859. The molecule has 4 rings (SSSR count). The number of aromatic nitrogens is 1. The molecule has 0 saturated carbocycles. The van der Waals surface area contributed by atoms with E-state index in [1.165, 1.54) is 0 Å². The van der Waals surface area contributed by atoms with Crippen molar-refractivity contribution in [1.82, 2.24) is 20.1 Å². The number of nitrogens with zero attached hydrogens (tertiary/aromatic N) is 3. The predicted molar refractivity (Wildman–Crippen MR) is 85.8 cm³/mol. The number of fused-ring (bicyclic) bond motifs is 1. The number of likely N-dealkylation sites (tertiary alicyclic amines) is 1. The van der Waals surface area contributed by atoms with Crippen molar-refractivity contribution in [3.8, 4) is 0 Å².